The lowest BCUT2D eigenvalue weighted by Gasteiger charge is -2.34. The van der Waals surface area contributed by atoms with Gasteiger partial charge in [-0.2, -0.15) is 0 Å². The second-order valence-corrected chi connectivity index (χ2v) is 8.28. The maximum absolute atomic E-state index is 15.0. The number of nitrogens with two attached hydrogens (primary N) is 1. The minimum Gasteiger partial charge on any atom is -0.398 e. The van der Waals surface area contributed by atoms with Crippen molar-refractivity contribution >= 4 is 7.12 Å². The third-order valence-corrected chi connectivity index (χ3v) is 4.09. The van der Waals surface area contributed by atoms with Crippen LogP contribution in [0.1, 0.15) is 62.3 Å². The largest absolute Gasteiger partial charge is 0.525 e. The normalized spacial score (nSPS) is 23.9. The standard InChI is InChI=1S/C15H29BFNO2/c1-12(2,3)10(13(4,5)18)11(17)16-19-14(6,7)15(8,9)20-16/h18H2,1-9H3. The van der Waals surface area contributed by atoms with Crippen molar-refractivity contribution in [1.82, 2.24) is 0 Å². The van der Waals surface area contributed by atoms with Gasteiger partial charge in [-0.1, -0.05) is 20.8 Å². The first-order valence-electron chi connectivity index (χ1n) is 7.15. The molecule has 1 saturated heterocycles. The minimum atomic E-state index is -0.989. The van der Waals surface area contributed by atoms with Gasteiger partial charge in [0.15, 0.2) is 0 Å². The van der Waals surface area contributed by atoms with Crippen LogP contribution in [0.3, 0.4) is 0 Å². The van der Waals surface area contributed by atoms with E-state index in [1.54, 1.807) is 13.8 Å². The summed E-state index contributed by atoms with van der Waals surface area (Å²) in [6.07, 6.45) is 0. The molecule has 116 valence electrons. The SMILES string of the molecule is CC(C)(C)C(=C(F)B1OC(C)(C)C(C)(C)O1)C(C)(C)N. The van der Waals surface area contributed by atoms with Crippen LogP contribution in [0.2, 0.25) is 0 Å². The molecule has 0 atom stereocenters. The molecule has 1 fully saturated rings. The van der Waals surface area contributed by atoms with E-state index in [4.69, 9.17) is 15.0 Å². The average Bonchev–Trinajstić information content (AvgIpc) is 2.30. The number of rotatable bonds is 2. The van der Waals surface area contributed by atoms with E-state index < -0.39 is 35.0 Å². The maximum Gasteiger partial charge on any atom is 0.525 e. The molecule has 2 N–H and O–H groups in total. The fraction of sp³-hybridized carbons (Fsp3) is 0.867. The van der Waals surface area contributed by atoms with E-state index in [1.807, 2.05) is 48.5 Å². The Morgan fingerprint density at radius 3 is 1.55 bits per heavy atom. The van der Waals surface area contributed by atoms with E-state index in [9.17, 15) is 0 Å². The third-order valence-electron chi connectivity index (χ3n) is 4.09. The quantitative estimate of drug-likeness (QED) is 0.788. The monoisotopic (exact) mass is 285 g/mol. The van der Waals surface area contributed by atoms with Crippen LogP contribution in [0, 0.1) is 5.41 Å². The summed E-state index contributed by atoms with van der Waals surface area (Å²) in [6, 6.07) is 0. The van der Waals surface area contributed by atoms with Crippen molar-refractivity contribution in [2.75, 3.05) is 0 Å². The van der Waals surface area contributed by atoms with Gasteiger partial charge in [-0.05, 0) is 52.5 Å². The second kappa shape index (κ2) is 4.82. The van der Waals surface area contributed by atoms with Gasteiger partial charge in [0.25, 0.3) is 0 Å². The first kappa shape index (κ1) is 17.7. The van der Waals surface area contributed by atoms with Crippen molar-refractivity contribution in [1.29, 1.82) is 0 Å². The summed E-state index contributed by atoms with van der Waals surface area (Å²) < 4.78 is 26.6. The molecule has 0 spiro atoms. The summed E-state index contributed by atoms with van der Waals surface area (Å²) in [6.45, 7) is 17.1. The van der Waals surface area contributed by atoms with Crippen LogP contribution >= 0.6 is 0 Å². The van der Waals surface area contributed by atoms with Crippen LogP contribution in [-0.2, 0) is 9.31 Å². The van der Waals surface area contributed by atoms with Crippen molar-refractivity contribution in [3.8, 4) is 0 Å². The molecule has 0 unspecified atom stereocenters. The van der Waals surface area contributed by atoms with Crippen LogP contribution in [0.25, 0.3) is 0 Å². The molecule has 5 heteroatoms. The highest BCUT2D eigenvalue weighted by atomic mass is 19.1. The van der Waals surface area contributed by atoms with Crippen LogP contribution in [0.5, 0.6) is 0 Å². The van der Waals surface area contributed by atoms with Crippen LogP contribution < -0.4 is 5.73 Å². The fourth-order valence-electron chi connectivity index (χ4n) is 2.70. The number of hydrogen-bond acceptors (Lipinski definition) is 3. The lowest BCUT2D eigenvalue weighted by Crippen LogP contribution is -2.42. The highest BCUT2D eigenvalue weighted by Gasteiger charge is 2.54. The molecule has 0 saturated carbocycles. The predicted molar refractivity (Wildman–Crippen MR) is 81.9 cm³/mol. The van der Waals surface area contributed by atoms with Gasteiger partial charge in [0.1, 0.15) is 5.73 Å². The molecule has 0 aromatic carbocycles. The Kier molecular flexibility index (Phi) is 4.26. The average molecular weight is 285 g/mol. The zero-order valence-corrected chi connectivity index (χ0v) is 14.3. The van der Waals surface area contributed by atoms with Gasteiger partial charge >= 0.3 is 7.12 Å². The summed E-state index contributed by atoms with van der Waals surface area (Å²) in [5.74, 6) is 0. The van der Waals surface area contributed by atoms with Gasteiger partial charge in [0, 0.05) is 5.54 Å². The second-order valence-electron chi connectivity index (χ2n) is 8.28. The summed E-state index contributed by atoms with van der Waals surface area (Å²) in [5, 5.41) is 0. The first-order chi connectivity index (χ1) is 8.59. The lowest BCUT2D eigenvalue weighted by molar-refractivity contribution is 0.00578. The van der Waals surface area contributed by atoms with Crippen molar-refractivity contribution in [2.45, 2.75) is 79.1 Å². The van der Waals surface area contributed by atoms with Gasteiger partial charge in [0.05, 0.1) is 11.2 Å². The zero-order chi connectivity index (χ0) is 16.1. The highest BCUT2D eigenvalue weighted by molar-refractivity contribution is 6.54. The fourth-order valence-corrected chi connectivity index (χ4v) is 2.70. The molecule has 1 heterocycles. The Labute approximate surface area is 123 Å². The van der Waals surface area contributed by atoms with Gasteiger partial charge in [-0.3, -0.25) is 0 Å². The Hall–Kier alpha value is -0.385. The molecule has 0 bridgehead atoms. The zero-order valence-electron chi connectivity index (χ0n) is 14.3. The first-order valence-corrected chi connectivity index (χ1v) is 7.15. The molecule has 1 rings (SSSR count). The molecule has 0 aromatic heterocycles. The van der Waals surface area contributed by atoms with Crippen LogP contribution in [-0.4, -0.2) is 23.9 Å². The van der Waals surface area contributed by atoms with E-state index >= 15 is 4.39 Å². The molecule has 0 aromatic rings. The van der Waals surface area contributed by atoms with Gasteiger partial charge in [-0.25, -0.2) is 4.39 Å². The summed E-state index contributed by atoms with van der Waals surface area (Å²) in [4.78, 5) is 0. The van der Waals surface area contributed by atoms with Crippen LogP contribution in [0.4, 0.5) is 4.39 Å². The number of halogens is 1. The van der Waals surface area contributed by atoms with E-state index in [0.717, 1.165) is 0 Å². The molecule has 0 amide bonds. The lowest BCUT2D eigenvalue weighted by atomic mass is 9.69. The molecular weight excluding hydrogens is 256 g/mol. The molecular formula is C15H29BFNO2. The summed E-state index contributed by atoms with van der Waals surface area (Å²) in [5.41, 5.74) is 4.01. The summed E-state index contributed by atoms with van der Waals surface area (Å²) in [7, 11) is -0.989. The third kappa shape index (κ3) is 3.26. The van der Waals surface area contributed by atoms with Gasteiger partial charge in [-0.15, -0.1) is 0 Å². The molecule has 1 aliphatic rings. The molecule has 0 radical (unpaired) electrons. The summed E-state index contributed by atoms with van der Waals surface area (Å²) >= 11 is 0. The Bertz CT molecular complexity index is 385. The smallest absolute Gasteiger partial charge is 0.398 e. The Morgan fingerprint density at radius 1 is 0.950 bits per heavy atom. The van der Waals surface area contributed by atoms with Crippen molar-refractivity contribution in [3.05, 3.63) is 11.3 Å². The van der Waals surface area contributed by atoms with E-state index in [1.165, 1.54) is 0 Å². The maximum atomic E-state index is 15.0. The van der Waals surface area contributed by atoms with E-state index in [-0.39, 0.29) is 0 Å². The topological polar surface area (TPSA) is 44.5 Å². The molecule has 0 aliphatic carbocycles. The predicted octanol–water partition coefficient (Wildman–Crippen LogP) is 3.62. The Morgan fingerprint density at radius 2 is 1.30 bits per heavy atom. The van der Waals surface area contributed by atoms with E-state index in [0.29, 0.717) is 5.57 Å². The Balaban J connectivity index is 3.28. The van der Waals surface area contributed by atoms with Crippen molar-refractivity contribution in [3.63, 3.8) is 0 Å². The molecule has 1 aliphatic heterocycles. The van der Waals surface area contributed by atoms with Crippen LogP contribution in [0.15, 0.2) is 11.3 Å². The van der Waals surface area contributed by atoms with E-state index in [2.05, 4.69) is 0 Å². The molecule has 3 nitrogen and oxygen atoms in total. The highest BCUT2D eigenvalue weighted by Crippen LogP contribution is 2.43. The van der Waals surface area contributed by atoms with Gasteiger partial charge < -0.3 is 15.0 Å². The van der Waals surface area contributed by atoms with Gasteiger partial charge in [0.2, 0.25) is 0 Å². The minimum absolute atomic E-state index is 0.397. The number of hydrogen-bond donors (Lipinski definition) is 1. The van der Waals surface area contributed by atoms with Crippen molar-refractivity contribution < 1.29 is 13.7 Å². The van der Waals surface area contributed by atoms with Crippen molar-refractivity contribution in [2.24, 2.45) is 11.1 Å². The molecule has 20 heavy (non-hydrogen) atoms.